The minimum atomic E-state index is -0.603. The molecular weight excluding hydrogens is 374 g/mol. The molecule has 0 saturated carbocycles. The number of aromatic nitrogens is 2. The van der Waals surface area contributed by atoms with Gasteiger partial charge in [0.15, 0.2) is 6.10 Å². The minimum absolute atomic E-state index is 0.196. The molecule has 0 aliphatic rings. The van der Waals surface area contributed by atoms with Gasteiger partial charge in [0.2, 0.25) is 0 Å². The van der Waals surface area contributed by atoms with Crippen molar-refractivity contribution in [3.8, 4) is 5.75 Å². The highest BCUT2D eigenvalue weighted by atomic mass is 16.5. The number of fused-ring (bicyclic) bond motifs is 1. The van der Waals surface area contributed by atoms with E-state index in [9.17, 15) is 4.79 Å². The summed E-state index contributed by atoms with van der Waals surface area (Å²) in [6.07, 6.45) is 1.20. The molecule has 0 bridgehead atoms. The van der Waals surface area contributed by atoms with Gasteiger partial charge in [-0.05, 0) is 49.2 Å². The molecule has 0 aliphatic heterocycles. The molecule has 0 fully saturated rings. The summed E-state index contributed by atoms with van der Waals surface area (Å²) in [7, 11) is 2.03. The third-order valence-corrected chi connectivity index (χ3v) is 5.15. The number of rotatable bonds is 7. The lowest BCUT2D eigenvalue weighted by Crippen LogP contribution is -2.30. The minimum Gasteiger partial charge on any atom is -0.481 e. The largest absolute Gasteiger partial charge is 0.481 e. The maximum absolute atomic E-state index is 12.5. The number of hydrogen-bond acceptors (Lipinski definition) is 3. The Balaban J connectivity index is 1.44. The van der Waals surface area contributed by atoms with Gasteiger partial charge in [-0.2, -0.15) is 0 Å². The topological polar surface area (TPSA) is 56.1 Å². The monoisotopic (exact) mass is 399 g/mol. The van der Waals surface area contributed by atoms with Gasteiger partial charge in [0.25, 0.3) is 5.91 Å². The standard InChI is InChI=1S/C25H25N3O2/c1-18(30-21-11-7-4-8-12-21)25(29)26-20-14-15-23-22(17-20)27-24(28(23)2)16-13-19-9-5-3-6-10-19/h3-12,14-15,17-18H,13,16H2,1-2H3,(H,26,29)/t18-/m0/s1. The number of aryl methyl sites for hydroxylation is 3. The van der Waals surface area contributed by atoms with E-state index in [0.717, 1.165) is 29.7 Å². The summed E-state index contributed by atoms with van der Waals surface area (Å²) in [6.45, 7) is 1.74. The average Bonchev–Trinajstić information content (AvgIpc) is 3.08. The van der Waals surface area contributed by atoms with Crippen LogP contribution in [-0.4, -0.2) is 21.6 Å². The first-order valence-electron chi connectivity index (χ1n) is 10.1. The Morgan fingerprint density at radius 2 is 1.70 bits per heavy atom. The first kappa shape index (κ1) is 19.7. The molecule has 0 radical (unpaired) electrons. The van der Waals surface area contributed by atoms with Crippen LogP contribution >= 0.6 is 0 Å². The highest BCUT2D eigenvalue weighted by Gasteiger charge is 2.16. The molecular formula is C25H25N3O2. The number of ether oxygens (including phenoxy) is 1. The third-order valence-electron chi connectivity index (χ3n) is 5.15. The second-order valence-electron chi connectivity index (χ2n) is 7.34. The van der Waals surface area contributed by atoms with Crippen LogP contribution in [0.15, 0.2) is 78.9 Å². The molecule has 1 amide bonds. The predicted octanol–water partition coefficient (Wildman–Crippen LogP) is 4.76. The van der Waals surface area contributed by atoms with Crippen molar-refractivity contribution in [3.63, 3.8) is 0 Å². The van der Waals surface area contributed by atoms with Crippen molar-refractivity contribution in [1.82, 2.24) is 9.55 Å². The number of amides is 1. The molecule has 0 aliphatic carbocycles. The van der Waals surface area contributed by atoms with Gasteiger partial charge in [0.05, 0.1) is 11.0 Å². The van der Waals surface area contributed by atoms with Crippen LogP contribution < -0.4 is 10.1 Å². The first-order valence-corrected chi connectivity index (χ1v) is 10.1. The van der Waals surface area contributed by atoms with Crippen LogP contribution in [-0.2, 0) is 24.7 Å². The number of para-hydroxylation sites is 1. The summed E-state index contributed by atoms with van der Waals surface area (Å²) in [6, 6.07) is 25.6. The van der Waals surface area contributed by atoms with Crippen molar-refractivity contribution >= 4 is 22.6 Å². The second kappa shape index (κ2) is 8.82. The summed E-state index contributed by atoms with van der Waals surface area (Å²) in [5.74, 6) is 1.50. The molecule has 0 spiro atoms. The molecule has 30 heavy (non-hydrogen) atoms. The van der Waals surface area contributed by atoms with Crippen molar-refractivity contribution in [2.75, 3.05) is 5.32 Å². The Bertz CT molecular complexity index is 1140. The molecule has 5 heteroatoms. The zero-order valence-corrected chi connectivity index (χ0v) is 17.2. The van der Waals surface area contributed by atoms with E-state index in [2.05, 4.69) is 34.1 Å². The lowest BCUT2D eigenvalue weighted by atomic mass is 10.1. The maximum atomic E-state index is 12.5. The Morgan fingerprint density at radius 3 is 2.43 bits per heavy atom. The second-order valence-corrected chi connectivity index (χ2v) is 7.34. The van der Waals surface area contributed by atoms with Gasteiger partial charge >= 0.3 is 0 Å². The molecule has 0 unspecified atom stereocenters. The van der Waals surface area contributed by atoms with Gasteiger partial charge in [-0.15, -0.1) is 0 Å². The van der Waals surface area contributed by atoms with Crippen molar-refractivity contribution in [3.05, 3.63) is 90.3 Å². The fraction of sp³-hybridized carbons (Fsp3) is 0.200. The average molecular weight is 399 g/mol. The summed E-state index contributed by atoms with van der Waals surface area (Å²) in [5, 5.41) is 2.93. The lowest BCUT2D eigenvalue weighted by molar-refractivity contribution is -0.122. The molecule has 1 N–H and O–H groups in total. The molecule has 1 aromatic heterocycles. The van der Waals surface area contributed by atoms with E-state index in [1.165, 1.54) is 5.56 Å². The molecule has 5 nitrogen and oxygen atoms in total. The number of hydrogen-bond donors (Lipinski definition) is 1. The molecule has 152 valence electrons. The SMILES string of the molecule is C[C@H](Oc1ccccc1)C(=O)Nc1ccc2c(c1)nc(CCc1ccccc1)n2C. The summed E-state index contributed by atoms with van der Waals surface area (Å²) in [4.78, 5) is 17.3. The van der Waals surface area contributed by atoms with Gasteiger partial charge in [-0.1, -0.05) is 48.5 Å². The fourth-order valence-electron chi connectivity index (χ4n) is 3.45. The molecule has 4 rings (SSSR count). The smallest absolute Gasteiger partial charge is 0.265 e. The summed E-state index contributed by atoms with van der Waals surface area (Å²) < 4.78 is 7.82. The number of nitrogens with zero attached hydrogens (tertiary/aromatic N) is 2. The predicted molar refractivity (Wildman–Crippen MR) is 120 cm³/mol. The third kappa shape index (κ3) is 4.51. The van der Waals surface area contributed by atoms with E-state index in [-0.39, 0.29) is 5.91 Å². The molecule has 1 heterocycles. The van der Waals surface area contributed by atoms with Gasteiger partial charge < -0.3 is 14.6 Å². The normalized spacial score (nSPS) is 11.9. The van der Waals surface area contributed by atoms with E-state index in [0.29, 0.717) is 11.4 Å². The molecule has 0 saturated heterocycles. The van der Waals surface area contributed by atoms with Crippen LogP contribution in [0.2, 0.25) is 0 Å². The summed E-state index contributed by atoms with van der Waals surface area (Å²) in [5.41, 5.74) is 3.92. The van der Waals surface area contributed by atoms with Gasteiger partial charge in [0, 0.05) is 19.2 Å². The summed E-state index contributed by atoms with van der Waals surface area (Å²) >= 11 is 0. The van der Waals surface area contributed by atoms with E-state index in [4.69, 9.17) is 9.72 Å². The van der Waals surface area contributed by atoms with Crippen molar-refractivity contribution < 1.29 is 9.53 Å². The number of imidazole rings is 1. The number of nitrogens with one attached hydrogen (secondary N) is 1. The molecule has 1 atom stereocenters. The van der Waals surface area contributed by atoms with Crippen LogP contribution in [0.4, 0.5) is 5.69 Å². The number of carbonyl (C=O) groups is 1. The van der Waals surface area contributed by atoms with Gasteiger partial charge in [-0.3, -0.25) is 4.79 Å². The Labute approximate surface area is 176 Å². The highest BCUT2D eigenvalue weighted by molar-refractivity contribution is 5.95. The van der Waals surface area contributed by atoms with Crippen LogP contribution in [0.25, 0.3) is 11.0 Å². The Kier molecular flexibility index (Phi) is 5.80. The van der Waals surface area contributed by atoms with Crippen LogP contribution in [0.5, 0.6) is 5.75 Å². The zero-order chi connectivity index (χ0) is 20.9. The van der Waals surface area contributed by atoms with Crippen LogP contribution in [0.1, 0.15) is 18.3 Å². The first-order chi connectivity index (χ1) is 14.6. The Morgan fingerprint density at radius 1 is 1.00 bits per heavy atom. The number of carbonyl (C=O) groups excluding carboxylic acids is 1. The van der Waals surface area contributed by atoms with E-state index < -0.39 is 6.10 Å². The number of anilines is 1. The van der Waals surface area contributed by atoms with Crippen LogP contribution in [0.3, 0.4) is 0 Å². The van der Waals surface area contributed by atoms with Crippen molar-refractivity contribution in [2.45, 2.75) is 25.9 Å². The quantitative estimate of drug-likeness (QED) is 0.487. The number of benzene rings is 3. The zero-order valence-electron chi connectivity index (χ0n) is 17.2. The van der Waals surface area contributed by atoms with E-state index >= 15 is 0 Å². The van der Waals surface area contributed by atoms with Gasteiger partial charge in [-0.25, -0.2) is 4.98 Å². The van der Waals surface area contributed by atoms with Gasteiger partial charge in [0.1, 0.15) is 11.6 Å². The van der Waals surface area contributed by atoms with Crippen molar-refractivity contribution in [1.29, 1.82) is 0 Å². The molecule has 3 aromatic carbocycles. The lowest BCUT2D eigenvalue weighted by Gasteiger charge is -2.14. The highest BCUT2D eigenvalue weighted by Crippen LogP contribution is 2.21. The van der Waals surface area contributed by atoms with E-state index in [1.54, 1.807) is 6.92 Å². The fourth-order valence-corrected chi connectivity index (χ4v) is 3.45. The molecule has 4 aromatic rings. The van der Waals surface area contributed by atoms with Crippen LogP contribution in [0, 0.1) is 0 Å². The van der Waals surface area contributed by atoms with E-state index in [1.807, 2.05) is 61.6 Å². The van der Waals surface area contributed by atoms with Crippen molar-refractivity contribution in [2.24, 2.45) is 7.05 Å². The Hall–Kier alpha value is -3.60. The maximum Gasteiger partial charge on any atom is 0.265 e.